The van der Waals surface area contributed by atoms with Gasteiger partial charge in [0.15, 0.2) is 0 Å². The summed E-state index contributed by atoms with van der Waals surface area (Å²) in [4.78, 5) is 14.3. The Morgan fingerprint density at radius 3 is 2.74 bits per heavy atom. The zero-order valence-corrected chi connectivity index (χ0v) is 11.9. The molecule has 0 aliphatic carbocycles. The zero-order valence-electron chi connectivity index (χ0n) is 11.9. The predicted octanol–water partition coefficient (Wildman–Crippen LogP) is 2.54. The molecule has 1 aliphatic heterocycles. The van der Waals surface area contributed by atoms with Crippen molar-refractivity contribution >= 4 is 11.6 Å². The molecule has 1 fully saturated rings. The Morgan fingerprint density at radius 2 is 2.21 bits per heavy atom. The standard InChI is InChI=1S/C15H22N2O2/c1-4-19-13-6-5-11(9-12(13)16)14(18)17-8-7-15(2,3)10-17/h5-6,9H,4,7-8,10,16H2,1-3H3. The molecule has 0 spiro atoms. The molecule has 104 valence electrons. The lowest BCUT2D eigenvalue weighted by Crippen LogP contribution is -2.30. The molecule has 1 heterocycles. The number of rotatable bonds is 3. The van der Waals surface area contributed by atoms with E-state index in [2.05, 4.69) is 13.8 Å². The largest absolute Gasteiger partial charge is 0.492 e. The zero-order chi connectivity index (χ0) is 14.0. The molecule has 4 nitrogen and oxygen atoms in total. The summed E-state index contributed by atoms with van der Waals surface area (Å²) in [5, 5.41) is 0. The molecule has 19 heavy (non-hydrogen) atoms. The van der Waals surface area contributed by atoms with Crippen molar-refractivity contribution in [1.82, 2.24) is 4.90 Å². The number of benzene rings is 1. The average Bonchev–Trinajstić information content (AvgIpc) is 2.71. The molecule has 2 rings (SSSR count). The number of ether oxygens (including phenoxy) is 1. The third kappa shape index (κ3) is 3.00. The first-order chi connectivity index (χ1) is 8.93. The van der Waals surface area contributed by atoms with Gasteiger partial charge in [-0.15, -0.1) is 0 Å². The van der Waals surface area contributed by atoms with Crippen molar-refractivity contribution in [3.05, 3.63) is 23.8 Å². The van der Waals surface area contributed by atoms with Gasteiger partial charge in [0.05, 0.1) is 12.3 Å². The first-order valence-electron chi connectivity index (χ1n) is 6.74. The van der Waals surface area contributed by atoms with Gasteiger partial charge in [0, 0.05) is 18.7 Å². The summed E-state index contributed by atoms with van der Waals surface area (Å²) < 4.78 is 5.38. The highest BCUT2D eigenvalue weighted by atomic mass is 16.5. The van der Waals surface area contributed by atoms with Gasteiger partial charge in [0.2, 0.25) is 0 Å². The van der Waals surface area contributed by atoms with Crippen LogP contribution in [-0.4, -0.2) is 30.5 Å². The van der Waals surface area contributed by atoms with Crippen molar-refractivity contribution in [2.24, 2.45) is 5.41 Å². The van der Waals surface area contributed by atoms with E-state index in [1.54, 1.807) is 18.2 Å². The number of amides is 1. The molecule has 0 aromatic heterocycles. The Morgan fingerprint density at radius 1 is 1.47 bits per heavy atom. The second-order valence-electron chi connectivity index (χ2n) is 5.83. The fourth-order valence-electron chi connectivity index (χ4n) is 2.44. The normalized spacial score (nSPS) is 17.5. The van der Waals surface area contributed by atoms with Crippen LogP contribution in [0.3, 0.4) is 0 Å². The Bertz CT molecular complexity index is 483. The van der Waals surface area contributed by atoms with Crippen LogP contribution in [-0.2, 0) is 0 Å². The van der Waals surface area contributed by atoms with E-state index in [9.17, 15) is 4.79 Å². The Hall–Kier alpha value is -1.71. The van der Waals surface area contributed by atoms with Crippen LogP contribution in [0.15, 0.2) is 18.2 Å². The third-order valence-electron chi connectivity index (χ3n) is 3.52. The molecule has 1 saturated heterocycles. The monoisotopic (exact) mass is 262 g/mol. The van der Waals surface area contributed by atoms with Crippen molar-refractivity contribution in [1.29, 1.82) is 0 Å². The van der Waals surface area contributed by atoms with Crippen LogP contribution in [0.5, 0.6) is 5.75 Å². The third-order valence-corrected chi connectivity index (χ3v) is 3.52. The van der Waals surface area contributed by atoms with E-state index in [1.807, 2.05) is 11.8 Å². The molecule has 0 radical (unpaired) electrons. The lowest BCUT2D eigenvalue weighted by molar-refractivity contribution is 0.0778. The van der Waals surface area contributed by atoms with Crippen molar-refractivity contribution < 1.29 is 9.53 Å². The summed E-state index contributed by atoms with van der Waals surface area (Å²) in [6.45, 7) is 8.47. The Kier molecular flexibility index (Phi) is 3.69. The summed E-state index contributed by atoms with van der Waals surface area (Å²) in [6, 6.07) is 5.26. The Labute approximate surface area is 114 Å². The summed E-state index contributed by atoms with van der Waals surface area (Å²) in [6.07, 6.45) is 1.05. The SMILES string of the molecule is CCOc1ccc(C(=O)N2CCC(C)(C)C2)cc1N. The molecule has 0 atom stereocenters. The number of nitrogens with zero attached hydrogens (tertiary/aromatic N) is 1. The van der Waals surface area contributed by atoms with Gasteiger partial charge in [-0.2, -0.15) is 0 Å². The summed E-state index contributed by atoms with van der Waals surface area (Å²) in [5.41, 5.74) is 7.27. The minimum absolute atomic E-state index is 0.0559. The van der Waals surface area contributed by atoms with E-state index < -0.39 is 0 Å². The highest BCUT2D eigenvalue weighted by Gasteiger charge is 2.32. The molecule has 1 amide bonds. The number of hydrogen-bond acceptors (Lipinski definition) is 3. The molecule has 1 aromatic carbocycles. The van der Waals surface area contributed by atoms with Crippen molar-refractivity contribution in [3.63, 3.8) is 0 Å². The van der Waals surface area contributed by atoms with Crippen molar-refractivity contribution in [2.45, 2.75) is 27.2 Å². The van der Waals surface area contributed by atoms with Gasteiger partial charge in [-0.3, -0.25) is 4.79 Å². The molecule has 2 N–H and O–H groups in total. The topological polar surface area (TPSA) is 55.6 Å². The molecule has 0 bridgehead atoms. The number of carbonyl (C=O) groups excluding carboxylic acids is 1. The summed E-state index contributed by atoms with van der Waals surface area (Å²) in [5.74, 6) is 0.695. The number of hydrogen-bond donors (Lipinski definition) is 1. The maximum Gasteiger partial charge on any atom is 0.253 e. The lowest BCUT2D eigenvalue weighted by atomic mass is 9.93. The van der Waals surface area contributed by atoms with Gasteiger partial charge in [0.25, 0.3) is 5.91 Å². The number of nitrogen functional groups attached to an aromatic ring is 1. The first-order valence-corrected chi connectivity index (χ1v) is 6.74. The van der Waals surface area contributed by atoms with E-state index in [0.29, 0.717) is 23.6 Å². The van der Waals surface area contributed by atoms with Gasteiger partial charge in [0.1, 0.15) is 5.75 Å². The van der Waals surface area contributed by atoms with E-state index >= 15 is 0 Å². The van der Waals surface area contributed by atoms with E-state index in [1.165, 1.54) is 0 Å². The maximum atomic E-state index is 12.4. The second-order valence-corrected chi connectivity index (χ2v) is 5.83. The molecule has 1 aliphatic rings. The van der Waals surface area contributed by atoms with Gasteiger partial charge < -0.3 is 15.4 Å². The minimum atomic E-state index is 0.0559. The van der Waals surface area contributed by atoms with Crippen LogP contribution in [0.4, 0.5) is 5.69 Å². The van der Waals surface area contributed by atoms with E-state index in [0.717, 1.165) is 19.5 Å². The van der Waals surface area contributed by atoms with E-state index in [4.69, 9.17) is 10.5 Å². The summed E-state index contributed by atoms with van der Waals surface area (Å²) >= 11 is 0. The fourth-order valence-corrected chi connectivity index (χ4v) is 2.44. The van der Waals surface area contributed by atoms with Crippen molar-refractivity contribution in [2.75, 3.05) is 25.4 Å². The Balaban J connectivity index is 2.14. The van der Waals surface area contributed by atoms with Crippen LogP contribution in [0, 0.1) is 5.41 Å². The van der Waals surface area contributed by atoms with Crippen LogP contribution in [0.25, 0.3) is 0 Å². The number of anilines is 1. The predicted molar refractivity (Wildman–Crippen MR) is 76.3 cm³/mol. The van der Waals surface area contributed by atoms with Gasteiger partial charge in [-0.25, -0.2) is 0 Å². The lowest BCUT2D eigenvalue weighted by Gasteiger charge is -2.20. The highest BCUT2D eigenvalue weighted by Crippen LogP contribution is 2.30. The molecular weight excluding hydrogens is 240 g/mol. The first kappa shape index (κ1) is 13.7. The van der Waals surface area contributed by atoms with E-state index in [-0.39, 0.29) is 11.3 Å². The van der Waals surface area contributed by atoms with Crippen LogP contribution in [0.2, 0.25) is 0 Å². The van der Waals surface area contributed by atoms with Gasteiger partial charge in [-0.05, 0) is 37.0 Å². The highest BCUT2D eigenvalue weighted by molar-refractivity contribution is 5.95. The maximum absolute atomic E-state index is 12.4. The smallest absolute Gasteiger partial charge is 0.253 e. The summed E-state index contributed by atoms with van der Waals surface area (Å²) in [7, 11) is 0. The molecule has 0 unspecified atom stereocenters. The van der Waals surface area contributed by atoms with Gasteiger partial charge in [-0.1, -0.05) is 13.8 Å². The molecule has 0 saturated carbocycles. The quantitative estimate of drug-likeness (QED) is 0.852. The fraction of sp³-hybridized carbons (Fsp3) is 0.533. The van der Waals surface area contributed by atoms with Crippen LogP contribution in [0.1, 0.15) is 37.6 Å². The van der Waals surface area contributed by atoms with Gasteiger partial charge >= 0.3 is 0 Å². The number of likely N-dealkylation sites (tertiary alicyclic amines) is 1. The minimum Gasteiger partial charge on any atom is -0.492 e. The molecule has 4 heteroatoms. The van der Waals surface area contributed by atoms with Crippen molar-refractivity contribution in [3.8, 4) is 5.75 Å². The number of carbonyl (C=O) groups is 1. The average molecular weight is 262 g/mol. The number of nitrogens with two attached hydrogens (primary N) is 1. The second kappa shape index (κ2) is 5.11. The van der Waals surface area contributed by atoms with Crippen LogP contribution >= 0.6 is 0 Å². The molecule has 1 aromatic rings. The molecular formula is C15H22N2O2. The van der Waals surface area contributed by atoms with Crippen LogP contribution < -0.4 is 10.5 Å².